The fourth-order valence-electron chi connectivity index (χ4n) is 2.24. The van der Waals surface area contributed by atoms with E-state index < -0.39 is 0 Å². The van der Waals surface area contributed by atoms with E-state index in [2.05, 4.69) is 20.8 Å². The van der Waals surface area contributed by atoms with E-state index in [1.54, 1.807) is 34.6 Å². The van der Waals surface area contributed by atoms with E-state index in [0.717, 1.165) is 12.2 Å². The van der Waals surface area contributed by atoms with Gasteiger partial charge in [0.2, 0.25) is 5.91 Å². The number of amides is 1. The lowest BCUT2D eigenvalue weighted by Crippen LogP contribution is -2.26. The van der Waals surface area contributed by atoms with Gasteiger partial charge in [-0.05, 0) is 47.1 Å². The normalized spacial score (nSPS) is 12.4. The fourth-order valence-corrected chi connectivity index (χ4v) is 2.70. The van der Waals surface area contributed by atoms with Crippen LogP contribution in [0.25, 0.3) is 5.65 Å². The van der Waals surface area contributed by atoms with Crippen molar-refractivity contribution in [2.45, 2.75) is 12.5 Å². The number of anilines is 1. The van der Waals surface area contributed by atoms with Gasteiger partial charge >= 0.3 is 0 Å². The number of tetrazole rings is 1. The van der Waals surface area contributed by atoms with Crippen molar-refractivity contribution < 1.29 is 4.79 Å². The number of hydrogen-bond donors (Lipinski definition) is 1. The molecule has 0 saturated heterocycles. The van der Waals surface area contributed by atoms with E-state index in [-0.39, 0.29) is 11.9 Å². The van der Waals surface area contributed by atoms with Gasteiger partial charge < -0.3 is 9.88 Å². The summed E-state index contributed by atoms with van der Waals surface area (Å²) >= 11 is 1.73. The third kappa shape index (κ3) is 3.11. The zero-order chi connectivity index (χ0) is 15.4. The summed E-state index contributed by atoms with van der Waals surface area (Å²) in [6.07, 6.45) is 8.36. The van der Waals surface area contributed by atoms with Gasteiger partial charge in [0.25, 0.3) is 0 Å². The van der Waals surface area contributed by atoms with Crippen molar-refractivity contribution in [2.75, 3.05) is 17.3 Å². The van der Waals surface area contributed by atoms with Crippen molar-refractivity contribution in [1.29, 1.82) is 0 Å². The third-order valence-corrected chi connectivity index (χ3v) is 4.00. The van der Waals surface area contributed by atoms with Crippen molar-refractivity contribution in [3.63, 3.8) is 0 Å². The predicted molar refractivity (Wildman–Crippen MR) is 85.9 cm³/mol. The molecule has 1 N–H and O–H groups in total. The monoisotopic (exact) mass is 316 g/mol. The second kappa shape index (κ2) is 6.61. The molecule has 3 rings (SSSR count). The molecule has 1 amide bonds. The van der Waals surface area contributed by atoms with Gasteiger partial charge in [0, 0.05) is 30.3 Å². The van der Waals surface area contributed by atoms with Crippen molar-refractivity contribution >= 4 is 29.0 Å². The molecule has 0 radical (unpaired) electrons. The molecule has 0 bridgehead atoms. The Kier molecular flexibility index (Phi) is 4.38. The van der Waals surface area contributed by atoms with Gasteiger partial charge in [0.1, 0.15) is 6.04 Å². The van der Waals surface area contributed by atoms with Crippen molar-refractivity contribution in [3.8, 4) is 0 Å². The van der Waals surface area contributed by atoms with Gasteiger partial charge in [-0.1, -0.05) is 0 Å². The zero-order valence-electron chi connectivity index (χ0n) is 12.1. The predicted octanol–water partition coefficient (Wildman–Crippen LogP) is 1.86. The number of rotatable bonds is 6. The van der Waals surface area contributed by atoms with Crippen molar-refractivity contribution in [3.05, 3.63) is 42.9 Å². The number of nitrogens with zero attached hydrogens (tertiary/aromatic N) is 5. The standard InChI is InChI=1S/C14H16N6OS/c1-22-9-5-12(19-6-2-3-7-19)14(21)15-11-4-8-20-13(10-11)16-17-18-20/h2-4,6-8,10,12H,5,9H2,1H3,(H,15,21)/t12-/m1/s1. The average molecular weight is 316 g/mol. The molecule has 22 heavy (non-hydrogen) atoms. The topological polar surface area (TPSA) is 77.1 Å². The van der Waals surface area contributed by atoms with Crippen LogP contribution in [-0.2, 0) is 4.79 Å². The lowest BCUT2D eigenvalue weighted by molar-refractivity contribution is -0.119. The molecule has 3 aromatic rings. The van der Waals surface area contributed by atoms with Crippen LogP contribution >= 0.6 is 11.8 Å². The second-order valence-corrected chi connectivity index (χ2v) is 5.80. The highest BCUT2D eigenvalue weighted by Gasteiger charge is 2.19. The van der Waals surface area contributed by atoms with Crippen LogP contribution in [0.15, 0.2) is 42.9 Å². The summed E-state index contributed by atoms with van der Waals surface area (Å²) in [5, 5.41) is 14.2. The number of aromatic nitrogens is 5. The van der Waals surface area contributed by atoms with Gasteiger partial charge in [0.15, 0.2) is 5.65 Å². The molecule has 8 heteroatoms. The molecule has 0 aliphatic carbocycles. The molecular formula is C14H16N6OS. The Morgan fingerprint density at radius 2 is 2.18 bits per heavy atom. The molecule has 0 aliphatic rings. The summed E-state index contributed by atoms with van der Waals surface area (Å²) in [4.78, 5) is 12.6. The van der Waals surface area contributed by atoms with Crippen LogP contribution in [0.2, 0.25) is 0 Å². The molecule has 1 atom stereocenters. The number of fused-ring (bicyclic) bond motifs is 1. The minimum Gasteiger partial charge on any atom is -0.342 e. The van der Waals surface area contributed by atoms with Gasteiger partial charge in [-0.15, -0.1) is 5.10 Å². The molecule has 3 aromatic heterocycles. The minimum atomic E-state index is -0.227. The lowest BCUT2D eigenvalue weighted by Gasteiger charge is -2.18. The Bertz CT molecular complexity index is 754. The van der Waals surface area contributed by atoms with Gasteiger partial charge in [0.05, 0.1) is 0 Å². The minimum absolute atomic E-state index is 0.0397. The molecule has 0 aromatic carbocycles. The Morgan fingerprint density at radius 1 is 1.36 bits per heavy atom. The van der Waals surface area contributed by atoms with Crippen LogP contribution in [0.5, 0.6) is 0 Å². The molecule has 0 fully saturated rings. The highest BCUT2D eigenvalue weighted by Crippen LogP contribution is 2.18. The first-order valence-corrected chi connectivity index (χ1v) is 8.27. The maximum atomic E-state index is 12.6. The maximum absolute atomic E-state index is 12.6. The van der Waals surface area contributed by atoms with Crippen molar-refractivity contribution in [2.24, 2.45) is 0 Å². The first-order valence-electron chi connectivity index (χ1n) is 6.88. The largest absolute Gasteiger partial charge is 0.342 e. The Balaban J connectivity index is 1.77. The number of carbonyl (C=O) groups excluding carboxylic acids is 1. The fraction of sp³-hybridized carbons (Fsp3) is 0.286. The molecule has 0 spiro atoms. The molecule has 0 unspecified atom stereocenters. The summed E-state index contributed by atoms with van der Waals surface area (Å²) in [5.74, 6) is 0.880. The molecular weight excluding hydrogens is 300 g/mol. The van der Waals surface area contributed by atoms with E-state index in [4.69, 9.17) is 0 Å². The summed E-state index contributed by atoms with van der Waals surface area (Å²) in [5.41, 5.74) is 1.29. The number of pyridine rings is 1. The summed E-state index contributed by atoms with van der Waals surface area (Å²) in [6.45, 7) is 0. The van der Waals surface area contributed by atoms with E-state index in [1.807, 2.05) is 35.3 Å². The number of hydrogen-bond acceptors (Lipinski definition) is 5. The lowest BCUT2D eigenvalue weighted by atomic mass is 10.2. The van der Waals surface area contributed by atoms with E-state index in [0.29, 0.717) is 11.3 Å². The van der Waals surface area contributed by atoms with Gasteiger partial charge in [-0.3, -0.25) is 4.79 Å². The number of carbonyl (C=O) groups is 1. The summed E-state index contributed by atoms with van der Waals surface area (Å²) in [7, 11) is 0. The Hall–Kier alpha value is -2.35. The molecule has 114 valence electrons. The third-order valence-electron chi connectivity index (χ3n) is 3.35. The van der Waals surface area contributed by atoms with Crippen LogP contribution in [0.3, 0.4) is 0 Å². The van der Waals surface area contributed by atoms with Crippen LogP contribution in [0, 0.1) is 0 Å². The maximum Gasteiger partial charge on any atom is 0.247 e. The van der Waals surface area contributed by atoms with Crippen LogP contribution in [0.1, 0.15) is 12.5 Å². The first-order chi connectivity index (χ1) is 10.8. The van der Waals surface area contributed by atoms with E-state index in [1.165, 1.54) is 0 Å². The molecule has 7 nitrogen and oxygen atoms in total. The summed E-state index contributed by atoms with van der Waals surface area (Å²) in [6, 6.07) is 7.15. The van der Waals surface area contributed by atoms with Gasteiger partial charge in [-0.2, -0.15) is 11.8 Å². The Morgan fingerprint density at radius 3 is 2.95 bits per heavy atom. The van der Waals surface area contributed by atoms with E-state index in [9.17, 15) is 4.79 Å². The highest BCUT2D eigenvalue weighted by molar-refractivity contribution is 7.98. The smallest absolute Gasteiger partial charge is 0.247 e. The quantitative estimate of drug-likeness (QED) is 0.751. The number of nitrogens with one attached hydrogen (secondary N) is 1. The molecule has 0 saturated carbocycles. The summed E-state index contributed by atoms with van der Waals surface area (Å²) < 4.78 is 3.48. The molecule has 3 heterocycles. The molecule has 0 aliphatic heterocycles. The van der Waals surface area contributed by atoms with E-state index >= 15 is 0 Å². The Labute approximate surface area is 131 Å². The highest BCUT2D eigenvalue weighted by atomic mass is 32.2. The first kappa shape index (κ1) is 14.6. The van der Waals surface area contributed by atoms with Gasteiger partial charge in [-0.25, -0.2) is 4.52 Å². The van der Waals surface area contributed by atoms with Crippen LogP contribution in [-0.4, -0.2) is 42.5 Å². The van der Waals surface area contributed by atoms with Crippen molar-refractivity contribution in [1.82, 2.24) is 24.6 Å². The van der Waals surface area contributed by atoms with Crippen LogP contribution < -0.4 is 5.32 Å². The second-order valence-electron chi connectivity index (χ2n) is 4.81. The zero-order valence-corrected chi connectivity index (χ0v) is 12.9. The average Bonchev–Trinajstić information content (AvgIpc) is 3.18. The van der Waals surface area contributed by atoms with Crippen LogP contribution in [0.4, 0.5) is 5.69 Å². The number of thioether (sulfide) groups is 1. The SMILES string of the molecule is CSCC[C@H](C(=O)Nc1ccn2nnnc2c1)n1cccc1.